The molecular formula is C24H28N6O. The van der Waals surface area contributed by atoms with Crippen LogP contribution in [0.3, 0.4) is 0 Å². The largest absolute Gasteiger partial charge is 0.346 e. The van der Waals surface area contributed by atoms with Crippen LogP contribution in [0.5, 0.6) is 0 Å². The van der Waals surface area contributed by atoms with Gasteiger partial charge in [-0.25, -0.2) is 0 Å². The van der Waals surface area contributed by atoms with Gasteiger partial charge in [0.05, 0.1) is 23.1 Å². The van der Waals surface area contributed by atoms with Crippen molar-refractivity contribution in [2.24, 2.45) is 0 Å². The molecule has 0 aliphatic carbocycles. The minimum atomic E-state index is 0.549. The van der Waals surface area contributed by atoms with E-state index in [0.717, 1.165) is 36.5 Å². The maximum Gasteiger partial charge on any atom is 0.223 e. The standard InChI is InChI=1S/C24H28N6O/c1-3-9-30-16-19(15-29-10-5-4-6-11-29)20-13-22(26-14-23(20)30)21-12-18(7-8-25-21)24-27-17(2)31-28-24/h7-8,12-14,16H,3-6,9-11,15H2,1-2H3. The Bertz CT molecular complexity index is 1190. The number of aryl methyl sites for hydroxylation is 2. The first kappa shape index (κ1) is 19.9. The lowest BCUT2D eigenvalue weighted by atomic mass is 10.1. The molecule has 4 aromatic rings. The monoisotopic (exact) mass is 416 g/mol. The van der Waals surface area contributed by atoms with E-state index in [2.05, 4.69) is 43.8 Å². The Morgan fingerprint density at radius 2 is 1.90 bits per heavy atom. The van der Waals surface area contributed by atoms with Crippen LogP contribution in [0.2, 0.25) is 0 Å². The highest BCUT2D eigenvalue weighted by Gasteiger charge is 2.16. The fourth-order valence-electron chi connectivity index (χ4n) is 4.44. The Balaban J connectivity index is 1.53. The molecule has 4 aromatic heterocycles. The van der Waals surface area contributed by atoms with E-state index in [9.17, 15) is 0 Å². The summed E-state index contributed by atoms with van der Waals surface area (Å²) in [5.41, 5.74) is 5.13. The first-order chi connectivity index (χ1) is 15.2. The van der Waals surface area contributed by atoms with E-state index in [4.69, 9.17) is 9.51 Å². The number of rotatable bonds is 6. The topological polar surface area (TPSA) is 72.9 Å². The molecular weight excluding hydrogens is 388 g/mol. The Kier molecular flexibility index (Phi) is 5.51. The minimum absolute atomic E-state index is 0.549. The summed E-state index contributed by atoms with van der Waals surface area (Å²) in [5, 5.41) is 5.30. The molecule has 0 unspecified atom stereocenters. The van der Waals surface area contributed by atoms with E-state index in [1.165, 1.54) is 48.8 Å². The van der Waals surface area contributed by atoms with E-state index in [0.29, 0.717) is 11.7 Å². The van der Waals surface area contributed by atoms with Crippen molar-refractivity contribution in [3.8, 4) is 22.8 Å². The lowest BCUT2D eigenvalue weighted by molar-refractivity contribution is 0.221. The molecule has 1 fully saturated rings. The third-order valence-corrected chi connectivity index (χ3v) is 5.97. The lowest BCUT2D eigenvalue weighted by Crippen LogP contribution is -2.28. The highest BCUT2D eigenvalue weighted by Crippen LogP contribution is 2.29. The van der Waals surface area contributed by atoms with Crippen LogP contribution in [-0.4, -0.2) is 42.7 Å². The fourth-order valence-corrected chi connectivity index (χ4v) is 4.44. The third kappa shape index (κ3) is 4.10. The molecule has 160 valence electrons. The van der Waals surface area contributed by atoms with Crippen LogP contribution < -0.4 is 0 Å². The van der Waals surface area contributed by atoms with E-state index in [-0.39, 0.29) is 0 Å². The van der Waals surface area contributed by atoms with Gasteiger partial charge in [0.1, 0.15) is 0 Å². The smallest absolute Gasteiger partial charge is 0.223 e. The molecule has 0 N–H and O–H groups in total. The van der Waals surface area contributed by atoms with Gasteiger partial charge in [0, 0.05) is 43.4 Å². The first-order valence-electron chi connectivity index (χ1n) is 11.2. The van der Waals surface area contributed by atoms with Crippen molar-refractivity contribution in [1.29, 1.82) is 0 Å². The van der Waals surface area contributed by atoms with Gasteiger partial charge in [-0.3, -0.25) is 14.9 Å². The quantitative estimate of drug-likeness (QED) is 0.447. The predicted molar refractivity (Wildman–Crippen MR) is 120 cm³/mol. The SMILES string of the molecule is CCCn1cc(CN2CCCCC2)c2cc(-c3cc(-c4noc(C)n4)ccn3)ncc21. The Morgan fingerprint density at radius 1 is 1.06 bits per heavy atom. The van der Waals surface area contributed by atoms with Crippen LogP contribution in [-0.2, 0) is 13.1 Å². The molecule has 0 atom stereocenters. The summed E-state index contributed by atoms with van der Waals surface area (Å²) < 4.78 is 7.48. The molecule has 0 radical (unpaired) electrons. The average Bonchev–Trinajstić information content (AvgIpc) is 3.38. The second kappa shape index (κ2) is 8.59. The highest BCUT2D eigenvalue weighted by atomic mass is 16.5. The molecule has 0 amide bonds. The number of pyridine rings is 2. The Morgan fingerprint density at radius 3 is 2.68 bits per heavy atom. The number of likely N-dealkylation sites (tertiary alicyclic amines) is 1. The summed E-state index contributed by atoms with van der Waals surface area (Å²) in [6, 6.07) is 6.06. The normalized spacial score (nSPS) is 15.0. The second-order valence-corrected chi connectivity index (χ2v) is 8.34. The molecule has 1 aliphatic heterocycles. The van der Waals surface area contributed by atoms with Crippen molar-refractivity contribution >= 4 is 10.9 Å². The zero-order chi connectivity index (χ0) is 21.2. The van der Waals surface area contributed by atoms with Crippen molar-refractivity contribution < 1.29 is 4.52 Å². The molecule has 7 nitrogen and oxygen atoms in total. The summed E-state index contributed by atoms with van der Waals surface area (Å²) >= 11 is 0. The van der Waals surface area contributed by atoms with Crippen LogP contribution in [0.1, 0.15) is 44.1 Å². The zero-order valence-electron chi connectivity index (χ0n) is 18.2. The van der Waals surface area contributed by atoms with Crippen LogP contribution in [0.15, 0.2) is 41.3 Å². The van der Waals surface area contributed by atoms with Gasteiger partial charge in [-0.05, 0) is 56.1 Å². The predicted octanol–water partition coefficient (Wildman–Crippen LogP) is 4.85. The summed E-state index contributed by atoms with van der Waals surface area (Å²) in [7, 11) is 0. The van der Waals surface area contributed by atoms with Crippen LogP contribution >= 0.6 is 0 Å². The van der Waals surface area contributed by atoms with Crippen LogP contribution in [0.25, 0.3) is 33.7 Å². The van der Waals surface area contributed by atoms with Gasteiger partial charge in [-0.15, -0.1) is 0 Å². The highest BCUT2D eigenvalue weighted by molar-refractivity contribution is 5.86. The molecule has 0 bridgehead atoms. The second-order valence-electron chi connectivity index (χ2n) is 8.34. The van der Waals surface area contributed by atoms with Crippen molar-refractivity contribution in [3.05, 3.63) is 48.2 Å². The minimum Gasteiger partial charge on any atom is -0.346 e. The molecule has 1 aliphatic rings. The summed E-state index contributed by atoms with van der Waals surface area (Å²) in [6.07, 6.45) is 11.1. The molecule has 5 rings (SSSR count). The number of hydrogen-bond donors (Lipinski definition) is 0. The number of piperidine rings is 1. The van der Waals surface area contributed by atoms with Gasteiger partial charge in [0.25, 0.3) is 0 Å². The fraction of sp³-hybridized carbons (Fsp3) is 0.417. The van der Waals surface area contributed by atoms with Crippen molar-refractivity contribution in [3.63, 3.8) is 0 Å². The van der Waals surface area contributed by atoms with Crippen LogP contribution in [0.4, 0.5) is 0 Å². The maximum atomic E-state index is 5.13. The molecule has 0 aromatic carbocycles. The van der Waals surface area contributed by atoms with Crippen molar-refractivity contribution in [1.82, 2.24) is 29.6 Å². The molecule has 0 saturated carbocycles. The van der Waals surface area contributed by atoms with E-state index in [1.807, 2.05) is 18.3 Å². The third-order valence-electron chi connectivity index (χ3n) is 5.97. The summed E-state index contributed by atoms with van der Waals surface area (Å²) in [5.74, 6) is 1.12. The van der Waals surface area contributed by atoms with Gasteiger partial charge in [-0.1, -0.05) is 18.5 Å². The molecule has 7 heteroatoms. The lowest BCUT2D eigenvalue weighted by Gasteiger charge is -2.26. The number of nitrogens with zero attached hydrogens (tertiary/aromatic N) is 6. The molecule has 1 saturated heterocycles. The van der Waals surface area contributed by atoms with Gasteiger partial charge >= 0.3 is 0 Å². The van der Waals surface area contributed by atoms with Gasteiger partial charge < -0.3 is 9.09 Å². The Hall–Kier alpha value is -3.06. The maximum absolute atomic E-state index is 5.13. The summed E-state index contributed by atoms with van der Waals surface area (Å²) in [4.78, 5) is 16.2. The van der Waals surface area contributed by atoms with Crippen molar-refractivity contribution in [2.45, 2.75) is 52.6 Å². The zero-order valence-corrected chi connectivity index (χ0v) is 18.2. The first-order valence-corrected chi connectivity index (χ1v) is 11.2. The van der Waals surface area contributed by atoms with Gasteiger partial charge in [0.15, 0.2) is 0 Å². The van der Waals surface area contributed by atoms with Crippen molar-refractivity contribution in [2.75, 3.05) is 13.1 Å². The van der Waals surface area contributed by atoms with E-state index >= 15 is 0 Å². The van der Waals surface area contributed by atoms with E-state index in [1.54, 1.807) is 13.1 Å². The molecule has 5 heterocycles. The van der Waals surface area contributed by atoms with Gasteiger partial charge in [-0.2, -0.15) is 4.98 Å². The average molecular weight is 417 g/mol. The summed E-state index contributed by atoms with van der Waals surface area (Å²) in [6.45, 7) is 8.37. The molecule has 0 spiro atoms. The number of hydrogen-bond acceptors (Lipinski definition) is 6. The Labute approximate surface area is 182 Å². The number of fused-ring (bicyclic) bond motifs is 1. The molecule has 31 heavy (non-hydrogen) atoms. The van der Waals surface area contributed by atoms with E-state index < -0.39 is 0 Å². The van der Waals surface area contributed by atoms with Gasteiger partial charge in [0.2, 0.25) is 11.7 Å². The van der Waals surface area contributed by atoms with Crippen LogP contribution in [0, 0.1) is 6.92 Å². The number of aromatic nitrogens is 5.